The fraction of sp³-hybridized carbons (Fsp3) is 0.154. The van der Waals surface area contributed by atoms with Crippen molar-refractivity contribution in [1.82, 2.24) is 19.7 Å². The predicted molar refractivity (Wildman–Crippen MR) is 78.2 cm³/mol. The number of carbonyl (C=O) groups is 1. The van der Waals surface area contributed by atoms with Gasteiger partial charge in [0.1, 0.15) is 0 Å². The van der Waals surface area contributed by atoms with E-state index in [4.69, 9.17) is 5.73 Å². The Hall–Kier alpha value is -2.28. The Bertz CT molecular complexity index is 776. The highest BCUT2D eigenvalue weighted by Gasteiger charge is 2.15. The number of para-hydroxylation sites is 1. The number of amides is 1. The van der Waals surface area contributed by atoms with Crippen LogP contribution in [0.2, 0.25) is 0 Å². The molecule has 0 atom stereocenters. The second-order valence-electron chi connectivity index (χ2n) is 4.37. The maximum atomic E-state index is 10.8. The van der Waals surface area contributed by atoms with Gasteiger partial charge in [0.25, 0.3) is 0 Å². The lowest BCUT2D eigenvalue weighted by Crippen LogP contribution is -2.13. The number of carbonyl (C=O) groups excluding carboxylic acids is 1. The van der Waals surface area contributed by atoms with Crippen LogP contribution in [0.3, 0.4) is 0 Å². The number of hydrogen-bond donors (Lipinski definition) is 2. The highest BCUT2D eigenvalue weighted by molar-refractivity contribution is 7.99. The zero-order chi connectivity index (χ0) is 14.1. The van der Waals surface area contributed by atoms with Crippen LogP contribution in [0.15, 0.2) is 35.6 Å². The molecule has 2 aromatic heterocycles. The highest BCUT2D eigenvalue weighted by Crippen LogP contribution is 2.28. The first kappa shape index (κ1) is 12.7. The third-order valence-electron chi connectivity index (χ3n) is 3.01. The number of primary amides is 1. The van der Waals surface area contributed by atoms with Crippen LogP contribution >= 0.6 is 11.8 Å². The molecule has 0 saturated carbocycles. The van der Waals surface area contributed by atoms with Crippen LogP contribution in [0.5, 0.6) is 0 Å². The molecule has 6 nitrogen and oxygen atoms in total. The van der Waals surface area contributed by atoms with E-state index in [1.54, 1.807) is 0 Å². The van der Waals surface area contributed by atoms with Gasteiger partial charge in [-0.15, -0.1) is 10.2 Å². The second-order valence-corrected chi connectivity index (χ2v) is 5.31. The first-order valence-corrected chi connectivity index (χ1v) is 7.02. The van der Waals surface area contributed by atoms with Gasteiger partial charge in [0.05, 0.1) is 5.75 Å². The summed E-state index contributed by atoms with van der Waals surface area (Å²) < 4.78 is 1.86. The molecule has 0 saturated heterocycles. The van der Waals surface area contributed by atoms with Crippen LogP contribution in [0.4, 0.5) is 0 Å². The van der Waals surface area contributed by atoms with Gasteiger partial charge in [0, 0.05) is 29.7 Å². The number of H-pyrrole nitrogens is 1. The lowest BCUT2D eigenvalue weighted by molar-refractivity contribution is -0.115. The predicted octanol–water partition coefficient (Wildman–Crippen LogP) is 1.54. The lowest BCUT2D eigenvalue weighted by Gasteiger charge is -2.02. The third-order valence-corrected chi connectivity index (χ3v) is 4.05. The van der Waals surface area contributed by atoms with Crippen molar-refractivity contribution in [2.75, 3.05) is 5.75 Å². The van der Waals surface area contributed by atoms with Gasteiger partial charge in [-0.2, -0.15) is 0 Å². The number of nitrogens with one attached hydrogen (secondary N) is 1. The van der Waals surface area contributed by atoms with Gasteiger partial charge in [0.15, 0.2) is 11.0 Å². The minimum absolute atomic E-state index is 0.194. The summed E-state index contributed by atoms with van der Waals surface area (Å²) in [5.74, 6) is 0.584. The Balaban J connectivity index is 2.00. The van der Waals surface area contributed by atoms with Crippen LogP contribution in [-0.4, -0.2) is 31.4 Å². The molecule has 0 fully saturated rings. The SMILES string of the molecule is Cn1c(SCC(N)=O)nnc1-c1c[nH]c2ccccc12. The van der Waals surface area contributed by atoms with Crippen molar-refractivity contribution in [3.63, 3.8) is 0 Å². The molecule has 20 heavy (non-hydrogen) atoms. The summed E-state index contributed by atoms with van der Waals surface area (Å²) in [4.78, 5) is 14.0. The molecule has 3 rings (SSSR count). The van der Waals surface area contributed by atoms with E-state index in [-0.39, 0.29) is 11.7 Å². The van der Waals surface area contributed by atoms with Gasteiger partial charge in [-0.3, -0.25) is 4.79 Å². The number of nitrogens with two attached hydrogens (primary N) is 1. The zero-order valence-corrected chi connectivity index (χ0v) is 11.6. The molecule has 0 aliphatic carbocycles. The Labute approximate surface area is 119 Å². The minimum atomic E-state index is -0.369. The van der Waals surface area contributed by atoms with Crippen molar-refractivity contribution < 1.29 is 4.79 Å². The van der Waals surface area contributed by atoms with E-state index >= 15 is 0 Å². The van der Waals surface area contributed by atoms with E-state index in [0.717, 1.165) is 22.3 Å². The monoisotopic (exact) mass is 287 g/mol. The van der Waals surface area contributed by atoms with Crippen LogP contribution in [0.1, 0.15) is 0 Å². The van der Waals surface area contributed by atoms with Crippen LogP contribution in [-0.2, 0) is 11.8 Å². The summed E-state index contributed by atoms with van der Waals surface area (Å²) in [6, 6.07) is 8.01. The summed E-state index contributed by atoms with van der Waals surface area (Å²) >= 11 is 1.28. The van der Waals surface area contributed by atoms with E-state index < -0.39 is 0 Å². The molecule has 2 heterocycles. The minimum Gasteiger partial charge on any atom is -0.369 e. The molecule has 1 aromatic carbocycles. The Kier molecular flexibility index (Phi) is 3.19. The molecule has 0 spiro atoms. The van der Waals surface area contributed by atoms with Gasteiger partial charge >= 0.3 is 0 Å². The third kappa shape index (κ3) is 2.16. The van der Waals surface area contributed by atoms with Gasteiger partial charge in [-0.25, -0.2) is 0 Å². The number of aromatic nitrogens is 4. The first-order valence-electron chi connectivity index (χ1n) is 6.04. The summed E-state index contributed by atoms with van der Waals surface area (Å²) in [6.07, 6.45) is 1.91. The molecule has 102 valence electrons. The van der Waals surface area contributed by atoms with Crippen molar-refractivity contribution in [3.05, 3.63) is 30.5 Å². The average molecular weight is 287 g/mol. The molecule has 3 aromatic rings. The van der Waals surface area contributed by atoms with E-state index in [2.05, 4.69) is 15.2 Å². The molecule has 0 radical (unpaired) electrons. The fourth-order valence-electron chi connectivity index (χ4n) is 2.07. The standard InChI is InChI=1S/C13H13N5OS/c1-18-12(16-17-13(18)20-7-11(14)19)9-6-15-10-5-3-2-4-8(9)10/h2-6,15H,7H2,1H3,(H2,14,19). The van der Waals surface area contributed by atoms with Crippen molar-refractivity contribution in [3.8, 4) is 11.4 Å². The lowest BCUT2D eigenvalue weighted by atomic mass is 10.1. The Morgan fingerprint density at radius 3 is 3.00 bits per heavy atom. The normalized spacial score (nSPS) is 11.1. The van der Waals surface area contributed by atoms with E-state index in [1.165, 1.54) is 11.8 Å². The van der Waals surface area contributed by atoms with Crippen molar-refractivity contribution in [1.29, 1.82) is 0 Å². The fourth-order valence-corrected chi connectivity index (χ4v) is 2.72. The van der Waals surface area contributed by atoms with E-state index in [1.807, 2.05) is 42.1 Å². The molecule has 1 amide bonds. The summed E-state index contributed by atoms with van der Waals surface area (Å²) in [6.45, 7) is 0. The molecule has 7 heteroatoms. The van der Waals surface area contributed by atoms with Crippen molar-refractivity contribution in [2.24, 2.45) is 12.8 Å². The largest absolute Gasteiger partial charge is 0.369 e. The molecule has 0 aliphatic rings. The summed E-state index contributed by atoms with van der Waals surface area (Å²) in [5, 5.41) is 10.1. The van der Waals surface area contributed by atoms with E-state index in [0.29, 0.717) is 5.16 Å². The quantitative estimate of drug-likeness (QED) is 0.712. The number of nitrogens with zero attached hydrogens (tertiary/aromatic N) is 3. The van der Waals surface area contributed by atoms with E-state index in [9.17, 15) is 4.79 Å². The Morgan fingerprint density at radius 2 is 2.20 bits per heavy atom. The van der Waals surface area contributed by atoms with Crippen LogP contribution in [0, 0.1) is 0 Å². The number of aromatic amines is 1. The molecule has 0 aliphatic heterocycles. The smallest absolute Gasteiger partial charge is 0.227 e. The summed E-state index contributed by atoms with van der Waals surface area (Å²) in [7, 11) is 1.88. The highest BCUT2D eigenvalue weighted by atomic mass is 32.2. The topological polar surface area (TPSA) is 89.6 Å². The number of fused-ring (bicyclic) bond motifs is 1. The average Bonchev–Trinajstić information content (AvgIpc) is 3.00. The van der Waals surface area contributed by atoms with Gasteiger partial charge < -0.3 is 15.3 Å². The van der Waals surface area contributed by atoms with Gasteiger partial charge in [-0.1, -0.05) is 30.0 Å². The number of hydrogen-bond acceptors (Lipinski definition) is 4. The van der Waals surface area contributed by atoms with Crippen LogP contribution < -0.4 is 5.73 Å². The van der Waals surface area contributed by atoms with Crippen LogP contribution in [0.25, 0.3) is 22.3 Å². The number of thioether (sulfide) groups is 1. The number of benzene rings is 1. The number of rotatable bonds is 4. The molecule has 3 N–H and O–H groups in total. The Morgan fingerprint density at radius 1 is 1.40 bits per heavy atom. The first-order chi connectivity index (χ1) is 9.66. The van der Waals surface area contributed by atoms with Crippen molar-refractivity contribution in [2.45, 2.75) is 5.16 Å². The maximum Gasteiger partial charge on any atom is 0.227 e. The maximum absolute atomic E-state index is 10.8. The molecular formula is C13H13N5OS. The van der Waals surface area contributed by atoms with Gasteiger partial charge in [-0.05, 0) is 6.07 Å². The molecule has 0 bridgehead atoms. The summed E-state index contributed by atoms with van der Waals surface area (Å²) in [5.41, 5.74) is 7.18. The van der Waals surface area contributed by atoms with Crippen molar-refractivity contribution >= 4 is 28.6 Å². The molecular weight excluding hydrogens is 274 g/mol. The second kappa shape index (κ2) is 5.01. The van der Waals surface area contributed by atoms with Gasteiger partial charge in [0.2, 0.25) is 5.91 Å². The molecule has 0 unspecified atom stereocenters. The zero-order valence-electron chi connectivity index (χ0n) is 10.8.